The molecule has 7 nitrogen and oxygen atoms in total. The predicted octanol–water partition coefficient (Wildman–Crippen LogP) is 3.37. The summed E-state index contributed by atoms with van der Waals surface area (Å²) >= 11 is 0. The van der Waals surface area contributed by atoms with Gasteiger partial charge in [0.15, 0.2) is 11.5 Å². The molecule has 130 valence electrons. The van der Waals surface area contributed by atoms with Crippen molar-refractivity contribution in [2.24, 2.45) is 0 Å². The first-order valence-electron chi connectivity index (χ1n) is 7.33. The van der Waals surface area contributed by atoms with Crippen molar-refractivity contribution >= 4 is 17.7 Å². The number of nitro benzene ring substituents is 1. The van der Waals surface area contributed by atoms with Crippen LogP contribution in [0.2, 0.25) is 0 Å². The van der Waals surface area contributed by atoms with Crippen molar-refractivity contribution in [3.63, 3.8) is 0 Å². The number of rotatable bonds is 7. The summed E-state index contributed by atoms with van der Waals surface area (Å²) in [5.41, 5.74) is 1.41. The van der Waals surface area contributed by atoms with Gasteiger partial charge in [-0.2, -0.15) is 0 Å². The lowest BCUT2D eigenvalue weighted by Gasteiger charge is -2.07. The Morgan fingerprint density at radius 3 is 2.36 bits per heavy atom. The topological polar surface area (TPSA) is 87.9 Å². The summed E-state index contributed by atoms with van der Waals surface area (Å²) in [7, 11) is 3.08. The molecule has 0 aliphatic rings. The minimum atomic E-state index is -0.520. The van der Waals surface area contributed by atoms with Gasteiger partial charge in [0.05, 0.1) is 19.1 Å². The Hall–Kier alpha value is -3.35. The van der Waals surface area contributed by atoms with E-state index in [1.54, 1.807) is 43.5 Å². The molecule has 0 atom stereocenters. The molecule has 0 aliphatic carbocycles. The highest BCUT2D eigenvalue weighted by Crippen LogP contribution is 2.27. The van der Waals surface area contributed by atoms with Gasteiger partial charge in [-0.1, -0.05) is 6.07 Å². The first kappa shape index (κ1) is 18.0. The molecule has 0 heterocycles. The molecule has 0 aromatic heterocycles. The average Bonchev–Trinajstić information content (AvgIpc) is 2.64. The quantitative estimate of drug-likeness (QED) is 0.331. The fourth-order valence-corrected chi connectivity index (χ4v) is 2.04. The maximum Gasteiger partial charge on any atom is 0.331 e. The molecule has 0 radical (unpaired) electrons. The van der Waals surface area contributed by atoms with Crippen molar-refractivity contribution in [2.75, 3.05) is 14.2 Å². The Morgan fingerprint density at radius 2 is 1.76 bits per heavy atom. The van der Waals surface area contributed by atoms with Crippen molar-refractivity contribution in [1.82, 2.24) is 0 Å². The van der Waals surface area contributed by atoms with Crippen molar-refractivity contribution in [3.05, 3.63) is 69.8 Å². The number of nitro groups is 1. The van der Waals surface area contributed by atoms with Gasteiger partial charge in [0, 0.05) is 18.2 Å². The molecule has 25 heavy (non-hydrogen) atoms. The van der Waals surface area contributed by atoms with Crippen molar-refractivity contribution in [3.8, 4) is 11.5 Å². The molecule has 2 aromatic rings. The van der Waals surface area contributed by atoms with Crippen LogP contribution >= 0.6 is 0 Å². The molecule has 0 saturated heterocycles. The highest BCUT2D eigenvalue weighted by molar-refractivity contribution is 5.87. The zero-order valence-corrected chi connectivity index (χ0v) is 13.8. The fourth-order valence-electron chi connectivity index (χ4n) is 2.04. The van der Waals surface area contributed by atoms with Crippen LogP contribution in [0.3, 0.4) is 0 Å². The molecule has 0 spiro atoms. The van der Waals surface area contributed by atoms with E-state index in [1.165, 1.54) is 25.3 Å². The van der Waals surface area contributed by atoms with Gasteiger partial charge in [-0.05, 0) is 41.5 Å². The van der Waals surface area contributed by atoms with E-state index in [4.69, 9.17) is 14.2 Å². The third-order valence-corrected chi connectivity index (χ3v) is 3.35. The van der Waals surface area contributed by atoms with Gasteiger partial charge in [0.2, 0.25) is 0 Å². The first-order valence-corrected chi connectivity index (χ1v) is 7.33. The van der Waals surface area contributed by atoms with Crippen LogP contribution in [0.15, 0.2) is 48.5 Å². The van der Waals surface area contributed by atoms with Gasteiger partial charge in [0.1, 0.15) is 6.61 Å². The average molecular weight is 343 g/mol. The Bertz CT molecular complexity index is 783. The predicted molar refractivity (Wildman–Crippen MR) is 91.5 cm³/mol. The van der Waals surface area contributed by atoms with Crippen LogP contribution in [0.5, 0.6) is 11.5 Å². The fraction of sp³-hybridized carbons (Fsp3) is 0.167. The van der Waals surface area contributed by atoms with Crippen molar-refractivity contribution in [2.45, 2.75) is 6.61 Å². The number of carbonyl (C=O) groups is 1. The van der Waals surface area contributed by atoms with Gasteiger partial charge in [0.25, 0.3) is 5.69 Å². The van der Waals surface area contributed by atoms with E-state index in [0.29, 0.717) is 17.1 Å². The molecule has 0 N–H and O–H groups in total. The Morgan fingerprint density at radius 1 is 1.08 bits per heavy atom. The number of hydrogen-bond acceptors (Lipinski definition) is 6. The smallest absolute Gasteiger partial charge is 0.331 e. The summed E-state index contributed by atoms with van der Waals surface area (Å²) in [5, 5.41) is 10.6. The van der Waals surface area contributed by atoms with E-state index in [1.807, 2.05) is 0 Å². The van der Waals surface area contributed by atoms with E-state index >= 15 is 0 Å². The molecule has 2 aromatic carbocycles. The monoisotopic (exact) mass is 343 g/mol. The number of non-ortho nitro benzene ring substituents is 1. The summed E-state index contributed by atoms with van der Waals surface area (Å²) < 4.78 is 15.4. The van der Waals surface area contributed by atoms with Crippen LogP contribution in [0.1, 0.15) is 11.1 Å². The number of ether oxygens (including phenoxy) is 3. The SMILES string of the molecule is COc1ccc(/C=C/C(=O)OCc2ccc([N+](=O)[O-])cc2)cc1OC. The summed E-state index contributed by atoms with van der Waals surface area (Å²) in [5.74, 6) is 0.637. The highest BCUT2D eigenvalue weighted by atomic mass is 16.6. The van der Waals surface area contributed by atoms with E-state index in [2.05, 4.69) is 0 Å². The van der Waals surface area contributed by atoms with Crippen LogP contribution in [0, 0.1) is 10.1 Å². The Labute approximate surface area is 144 Å². The number of methoxy groups -OCH3 is 2. The molecule has 0 unspecified atom stereocenters. The van der Waals surface area contributed by atoms with Crippen molar-refractivity contribution in [1.29, 1.82) is 0 Å². The summed E-state index contributed by atoms with van der Waals surface area (Å²) in [6.07, 6.45) is 2.90. The first-order chi connectivity index (χ1) is 12.0. The third-order valence-electron chi connectivity index (χ3n) is 3.35. The minimum absolute atomic E-state index is 0.0107. The largest absolute Gasteiger partial charge is 0.493 e. The molecule has 0 fully saturated rings. The van der Waals surface area contributed by atoms with E-state index < -0.39 is 10.9 Å². The zero-order chi connectivity index (χ0) is 18.2. The van der Waals surface area contributed by atoms with Gasteiger partial charge in [-0.15, -0.1) is 0 Å². The molecule has 0 saturated carbocycles. The maximum absolute atomic E-state index is 11.8. The molecule has 0 aliphatic heterocycles. The second kappa shape index (κ2) is 8.49. The molecule has 0 bridgehead atoms. The molecule has 0 amide bonds. The number of nitrogens with zero attached hydrogens (tertiary/aromatic N) is 1. The van der Waals surface area contributed by atoms with Crippen LogP contribution in [0.25, 0.3) is 6.08 Å². The lowest BCUT2D eigenvalue weighted by Crippen LogP contribution is -2.01. The number of benzene rings is 2. The summed E-state index contributed by atoms with van der Waals surface area (Å²) in [6.45, 7) is 0.0348. The Kier molecular flexibility index (Phi) is 6.11. The van der Waals surface area contributed by atoms with E-state index in [9.17, 15) is 14.9 Å². The zero-order valence-electron chi connectivity index (χ0n) is 13.8. The van der Waals surface area contributed by atoms with Crippen LogP contribution in [-0.2, 0) is 16.1 Å². The van der Waals surface area contributed by atoms with Crippen LogP contribution < -0.4 is 9.47 Å². The van der Waals surface area contributed by atoms with E-state index in [0.717, 1.165) is 5.56 Å². The number of carbonyl (C=O) groups excluding carboxylic acids is 1. The highest BCUT2D eigenvalue weighted by Gasteiger charge is 2.06. The lowest BCUT2D eigenvalue weighted by atomic mass is 10.2. The summed E-state index contributed by atoms with van der Waals surface area (Å²) in [4.78, 5) is 21.9. The normalized spacial score (nSPS) is 10.5. The third kappa shape index (κ3) is 5.07. The van der Waals surface area contributed by atoms with Gasteiger partial charge < -0.3 is 14.2 Å². The van der Waals surface area contributed by atoms with E-state index in [-0.39, 0.29) is 12.3 Å². The molecule has 7 heteroatoms. The lowest BCUT2D eigenvalue weighted by molar-refractivity contribution is -0.384. The maximum atomic E-state index is 11.8. The van der Waals surface area contributed by atoms with Crippen LogP contribution in [-0.4, -0.2) is 25.1 Å². The Balaban J connectivity index is 1.93. The molecular formula is C18H17NO6. The molecular weight excluding hydrogens is 326 g/mol. The van der Waals surface area contributed by atoms with Gasteiger partial charge >= 0.3 is 5.97 Å². The standard InChI is InChI=1S/C18H17NO6/c1-23-16-9-5-13(11-17(16)24-2)6-10-18(20)25-12-14-3-7-15(8-4-14)19(21)22/h3-11H,12H2,1-2H3/b10-6+. The number of esters is 1. The summed E-state index contributed by atoms with van der Waals surface area (Å²) in [6, 6.07) is 11.1. The van der Waals surface area contributed by atoms with Gasteiger partial charge in [-0.3, -0.25) is 10.1 Å². The van der Waals surface area contributed by atoms with Crippen molar-refractivity contribution < 1.29 is 23.9 Å². The second-order valence-corrected chi connectivity index (χ2v) is 4.98. The second-order valence-electron chi connectivity index (χ2n) is 4.98. The van der Waals surface area contributed by atoms with Gasteiger partial charge in [-0.25, -0.2) is 4.79 Å². The van der Waals surface area contributed by atoms with Crippen LogP contribution in [0.4, 0.5) is 5.69 Å². The number of hydrogen-bond donors (Lipinski definition) is 0. The molecule has 2 rings (SSSR count). The minimum Gasteiger partial charge on any atom is -0.493 e.